The summed E-state index contributed by atoms with van der Waals surface area (Å²) in [4.78, 5) is 2.04. The van der Waals surface area contributed by atoms with E-state index in [4.69, 9.17) is 22.2 Å². The fraction of sp³-hybridized carbons (Fsp3) is 0.238. The molecular weight excluding hydrogens is 384 g/mol. The van der Waals surface area contributed by atoms with Crippen LogP contribution in [0.3, 0.4) is 0 Å². The number of hydrogen-bond donors (Lipinski definition) is 1. The molecule has 3 rings (SSSR count). The topological polar surface area (TPSA) is 82.2 Å². The maximum absolute atomic E-state index is 8.72. The lowest BCUT2D eigenvalue weighted by Gasteiger charge is -2.17. The Balaban J connectivity index is 1.81. The average molecular weight is 407 g/mol. The average Bonchev–Trinajstić information content (AvgIpc) is 3.11. The quantitative estimate of drug-likeness (QED) is 0.447. The molecule has 3 aromatic rings. The fourth-order valence-corrected chi connectivity index (χ4v) is 2.94. The van der Waals surface area contributed by atoms with Gasteiger partial charge in [0.25, 0.3) is 0 Å². The first-order chi connectivity index (χ1) is 14.1. The molecule has 1 N–H and O–H groups in total. The number of nitrogens with one attached hydrogen (secondary N) is 1. The van der Waals surface area contributed by atoms with Crippen LogP contribution in [0.15, 0.2) is 53.6 Å². The van der Waals surface area contributed by atoms with Gasteiger partial charge in [0.05, 0.1) is 25.3 Å². The van der Waals surface area contributed by atoms with Crippen LogP contribution < -0.4 is 9.64 Å². The molecule has 29 heavy (non-hydrogen) atoms. The molecule has 0 fully saturated rings. The summed E-state index contributed by atoms with van der Waals surface area (Å²) in [6.07, 6.45) is 2.23. The molecule has 1 heterocycles. The van der Waals surface area contributed by atoms with Gasteiger partial charge < -0.3 is 9.64 Å². The smallest absolute Gasteiger partial charge is 0.216 e. The van der Waals surface area contributed by atoms with E-state index in [0.717, 1.165) is 22.6 Å². The number of nitriles is 1. The van der Waals surface area contributed by atoms with E-state index >= 15 is 0 Å². The third-order valence-electron chi connectivity index (χ3n) is 4.27. The molecule has 0 saturated carbocycles. The predicted molar refractivity (Wildman–Crippen MR) is 117 cm³/mol. The van der Waals surface area contributed by atoms with Crippen LogP contribution in [0.1, 0.15) is 18.9 Å². The van der Waals surface area contributed by atoms with Crippen LogP contribution in [0.5, 0.6) is 5.75 Å². The van der Waals surface area contributed by atoms with E-state index in [2.05, 4.69) is 21.4 Å². The Morgan fingerprint density at radius 1 is 1.31 bits per heavy atom. The second-order valence-electron chi connectivity index (χ2n) is 6.29. The minimum Gasteiger partial charge on any atom is -0.494 e. The van der Waals surface area contributed by atoms with Gasteiger partial charge in [0.2, 0.25) is 4.77 Å². The maximum atomic E-state index is 8.72. The summed E-state index contributed by atoms with van der Waals surface area (Å²) in [6.45, 7) is 3.23. The Morgan fingerprint density at radius 3 is 2.83 bits per heavy atom. The van der Waals surface area contributed by atoms with Gasteiger partial charge in [-0.15, -0.1) is 0 Å². The largest absolute Gasteiger partial charge is 0.494 e. The van der Waals surface area contributed by atoms with Crippen LogP contribution >= 0.6 is 12.2 Å². The van der Waals surface area contributed by atoms with Gasteiger partial charge in [-0.1, -0.05) is 24.3 Å². The molecule has 0 atom stereocenters. The second-order valence-corrected chi connectivity index (χ2v) is 6.68. The number of anilines is 1. The number of hydrogen-bond acceptors (Lipinski definition) is 6. The van der Waals surface area contributed by atoms with E-state index < -0.39 is 0 Å². The van der Waals surface area contributed by atoms with Crippen LogP contribution in [-0.2, 0) is 0 Å². The molecule has 0 aliphatic rings. The van der Waals surface area contributed by atoms with Crippen LogP contribution in [0, 0.1) is 16.1 Å². The Kier molecular flexibility index (Phi) is 6.76. The van der Waals surface area contributed by atoms with Crippen molar-refractivity contribution in [2.24, 2.45) is 5.10 Å². The van der Waals surface area contributed by atoms with E-state index in [0.29, 0.717) is 30.2 Å². The van der Waals surface area contributed by atoms with Gasteiger partial charge >= 0.3 is 0 Å². The second kappa shape index (κ2) is 9.66. The van der Waals surface area contributed by atoms with Crippen molar-refractivity contribution in [2.75, 3.05) is 25.1 Å². The highest BCUT2D eigenvalue weighted by atomic mass is 32.1. The van der Waals surface area contributed by atoms with Crippen LogP contribution in [-0.4, -0.2) is 41.3 Å². The molecule has 1 aromatic heterocycles. The molecule has 8 heteroatoms. The van der Waals surface area contributed by atoms with Crippen LogP contribution in [0.4, 0.5) is 5.69 Å². The van der Waals surface area contributed by atoms with Gasteiger partial charge in [-0.05, 0) is 49.0 Å². The molecule has 0 spiro atoms. The Bertz CT molecular complexity index is 1080. The van der Waals surface area contributed by atoms with Gasteiger partial charge in [0, 0.05) is 24.8 Å². The minimum absolute atomic E-state index is 0.408. The molecule has 0 aliphatic carbocycles. The van der Waals surface area contributed by atoms with Crippen molar-refractivity contribution >= 4 is 24.1 Å². The van der Waals surface area contributed by atoms with Crippen molar-refractivity contribution in [3.63, 3.8) is 0 Å². The van der Waals surface area contributed by atoms with Crippen molar-refractivity contribution in [1.29, 1.82) is 5.26 Å². The first kappa shape index (κ1) is 20.3. The standard InChI is InChI=1S/C21H22N6OS/c1-3-28-19-7-4-6-17(14-19)20-24-25-21(29)27(20)23-15-16-8-10-18(11-9-16)26(2)13-5-12-22/h4,6-11,14-15H,3,5,13H2,1-2H3,(H,25,29)/b23-15-. The SMILES string of the molecule is CCOc1cccc(-c2n[nH]c(=S)n2/N=C\c2ccc(N(C)CCC#N)cc2)c1. The molecule has 0 bridgehead atoms. The molecule has 0 unspecified atom stereocenters. The number of nitrogens with zero attached hydrogens (tertiary/aromatic N) is 5. The first-order valence-electron chi connectivity index (χ1n) is 9.25. The van der Waals surface area contributed by atoms with Crippen LogP contribution in [0.25, 0.3) is 11.4 Å². The van der Waals surface area contributed by atoms with Gasteiger partial charge in [-0.3, -0.25) is 0 Å². The Labute approximate surface area is 174 Å². The first-order valence-corrected chi connectivity index (χ1v) is 9.66. The third kappa shape index (κ3) is 5.09. The Morgan fingerprint density at radius 2 is 2.10 bits per heavy atom. The molecule has 7 nitrogen and oxygen atoms in total. The van der Waals surface area contributed by atoms with E-state index in [1.165, 1.54) is 0 Å². The van der Waals surface area contributed by atoms with Gasteiger partial charge in [0.1, 0.15) is 5.75 Å². The number of H-pyrrole nitrogens is 1. The zero-order valence-electron chi connectivity index (χ0n) is 16.4. The van der Waals surface area contributed by atoms with Gasteiger partial charge in [0.15, 0.2) is 5.82 Å². The monoisotopic (exact) mass is 406 g/mol. The maximum Gasteiger partial charge on any atom is 0.216 e. The molecule has 0 amide bonds. The lowest BCUT2D eigenvalue weighted by atomic mass is 10.2. The zero-order valence-corrected chi connectivity index (χ0v) is 17.2. The summed E-state index contributed by atoms with van der Waals surface area (Å²) < 4.78 is 7.56. The highest BCUT2D eigenvalue weighted by molar-refractivity contribution is 7.71. The zero-order chi connectivity index (χ0) is 20.6. The van der Waals surface area contributed by atoms with Crippen molar-refractivity contribution in [2.45, 2.75) is 13.3 Å². The summed E-state index contributed by atoms with van der Waals surface area (Å²) in [7, 11) is 1.97. The Hall–Kier alpha value is -3.44. The van der Waals surface area contributed by atoms with Crippen molar-refractivity contribution in [3.05, 3.63) is 58.9 Å². The number of rotatable bonds is 8. The number of benzene rings is 2. The molecule has 0 saturated heterocycles. The number of aromatic amines is 1. The lowest BCUT2D eigenvalue weighted by Crippen LogP contribution is -2.17. The summed E-state index contributed by atoms with van der Waals surface area (Å²) in [5.74, 6) is 1.38. The summed E-state index contributed by atoms with van der Waals surface area (Å²) in [6, 6.07) is 17.8. The summed E-state index contributed by atoms with van der Waals surface area (Å²) in [5.41, 5.74) is 2.83. The van der Waals surface area contributed by atoms with Crippen molar-refractivity contribution in [1.82, 2.24) is 14.9 Å². The lowest BCUT2D eigenvalue weighted by molar-refractivity contribution is 0.340. The summed E-state index contributed by atoms with van der Waals surface area (Å²) in [5, 5.41) is 20.3. The minimum atomic E-state index is 0.408. The molecule has 0 aliphatic heterocycles. The van der Waals surface area contributed by atoms with E-state index in [1.54, 1.807) is 10.9 Å². The highest BCUT2D eigenvalue weighted by Crippen LogP contribution is 2.22. The molecule has 148 valence electrons. The predicted octanol–water partition coefficient (Wildman–Crippen LogP) is 4.24. The molecule has 0 radical (unpaired) electrons. The normalized spacial score (nSPS) is 10.8. The van der Waals surface area contributed by atoms with Crippen molar-refractivity contribution in [3.8, 4) is 23.2 Å². The molecular formula is C21H22N6OS. The third-order valence-corrected chi connectivity index (χ3v) is 4.53. The number of ether oxygens (including phenoxy) is 1. The van der Waals surface area contributed by atoms with Gasteiger partial charge in [-0.25, -0.2) is 5.10 Å². The van der Waals surface area contributed by atoms with Crippen molar-refractivity contribution < 1.29 is 4.74 Å². The van der Waals surface area contributed by atoms with Gasteiger partial charge in [-0.2, -0.15) is 20.1 Å². The fourth-order valence-electron chi connectivity index (χ4n) is 2.76. The number of aromatic nitrogens is 3. The molecule has 2 aromatic carbocycles. The highest BCUT2D eigenvalue weighted by Gasteiger charge is 2.09. The van der Waals surface area contributed by atoms with Crippen LogP contribution in [0.2, 0.25) is 0 Å². The van der Waals surface area contributed by atoms with E-state index in [1.807, 2.05) is 67.4 Å². The van der Waals surface area contributed by atoms with E-state index in [9.17, 15) is 0 Å². The van der Waals surface area contributed by atoms with E-state index in [-0.39, 0.29) is 0 Å². The summed E-state index contributed by atoms with van der Waals surface area (Å²) >= 11 is 5.33.